The monoisotopic (exact) mass is 550 g/mol. The first-order valence-corrected chi connectivity index (χ1v) is 13.4. The molecular formula is C34H31ClN2O3. The Balaban J connectivity index is 0.00000118. The fourth-order valence-electron chi connectivity index (χ4n) is 4.97. The Morgan fingerprint density at radius 3 is 2.20 bits per heavy atom. The zero-order valence-corrected chi connectivity index (χ0v) is 23.8. The molecular weight excluding hydrogens is 520 g/mol. The molecule has 6 heteroatoms. The third kappa shape index (κ3) is 6.07. The molecule has 0 aliphatic heterocycles. The fraction of sp³-hybridized carbons (Fsp3) is 0.176. The third-order valence-corrected chi connectivity index (χ3v) is 7.85. The van der Waals surface area contributed by atoms with Gasteiger partial charge in [-0.05, 0) is 79.3 Å². The molecule has 0 fully saturated rings. The second-order valence-corrected chi connectivity index (χ2v) is 10.2. The summed E-state index contributed by atoms with van der Waals surface area (Å²) >= 11 is 6.49. The Bertz CT molecular complexity index is 1680. The van der Waals surface area contributed by atoms with Crippen LogP contribution >= 0.6 is 11.6 Å². The van der Waals surface area contributed by atoms with Crippen molar-refractivity contribution in [1.29, 1.82) is 0 Å². The summed E-state index contributed by atoms with van der Waals surface area (Å²) in [6.45, 7) is 8.99. The average Bonchev–Trinajstić information content (AvgIpc) is 3.20. The summed E-state index contributed by atoms with van der Waals surface area (Å²) in [4.78, 5) is 29.4. The minimum absolute atomic E-state index is 0.103. The van der Waals surface area contributed by atoms with Gasteiger partial charge in [-0.3, -0.25) is 4.79 Å². The van der Waals surface area contributed by atoms with Crippen LogP contribution in [0.2, 0.25) is 5.02 Å². The van der Waals surface area contributed by atoms with Crippen molar-refractivity contribution in [2.75, 3.05) is 0 Å². The first-order chi connectivity index (χ1) is 19.2. The smallest absolute Gasteiger partial charge is 0.345 e. The van der Waals surface area contributed by atoms with Crippen LogP contribution < -0.4 is 5.32 Å². The molecule has 0 radical (unpaired) electrons. The van der Waals surface area contributed by atoms with Crippen LogP contribution in [0.25, 0.3) is 22.0 Å². The molecule has 1 N–H and O–H groups in total. The summed E-state index contributed by atoms with van der Waals surface area (Å²) in [6, 6.07) is 30.9. The Labute approximate surface area is 239 Å². The lowest BCUT2D eigenvalue weighted by Gasteiger charge is -2.17. The zero-order valence-electron chi connectivity index (χ0n) is 23.0. The second kappa shape index (κ2) is 12.6. The number of amides is 1. The van der Waals surface area contributed by atoms with E-state index in [4.69, 9.17) is 21.2 Å². The van der Waals surface area contributed by atoms with Crippen molar-refractivity contribution < 1.29 is 14.4 Å². The molecule has 1 aromatic heterocycles. The van der Waals surface area contributed by atoms with E-state index >= 15 is 0 Å². The van der Waals surface area contributed by atoms with Crippen LogP contribution in [0, 0.1) is 20.8 Å². The number of hydrogen-bond acceptors (Lipinski definition) is 3. The van der Waals surface area contributed by atoms with E-state index in [2.05, 4.69) is 78.3 Å². The fourth-order valence-corrected chi connectivity index (χ4v) is 5.26. The number of carbonyl (C=O) groups excluding carboxylic acids is 3. The van der Waals surface area contributed by atoms with Gasteiger partial charge in [0.2, 0.25) is 0 Å². The Morgan fingerprint density at radius 2 is 1.52 bits per heavy atom. The van der Waals surface area contributed by atoms with Crippen LogP contribution in [0.15, 0.2) is 91.0 Å². The van der Waals surface area contributed by atoms with Crippen molar-refractivity contribution in [3.8, 4) is 11.1 Å². The van der Waals surface area contributed by atoms with Crippen LogP contribution in [0.4, 0.5) is 0 Å². The van der Waals surface area contributed by atoms with Gasteiger partial charge in [0.1, 0.15) is 0 Å². The van der Waals surface area contributed by atoms with E-state index in [1.807, 2.05) is 50.2 Å². The van der Waals surface area contributed by atoms with Crippen LogP contribution in [-0.2, 0) is 16.1 Å². The number of nitrogens with zero attached hydrogens (tertiary/aromatic N) is 1. The molecule has 0 aliphatic rings. The van der Waals surface area contributed by atoms with E-state index in [1.54, 1.807) is 0 Å². The average molecular weight is 551 g/mol. The van der Waals surface area contributed by atoms with Crippen LogP contribution in [0.5, 0.6) is 0 Å². The highest BCUT2D eigenvalue weighted by molar-refractivity contribution is 6.32. The first kappa shape index (κ1) is 28.6. The summed E-state index contributed by atoms with van der Waals surface area (Å²) in [5.74, 6) is -0.103. The largest absolute Gasteiger partial charge is 0.373 e. The minimum atomic E-state index is -0.193. The quantitative estimate of drug-likeness (QED) is 0.234. The Morgan fingerprint density at radius 1 is 0.875 bits per heavy atom. The maximum Gasteiger partial charge on any atom is 0.373 e. The van der Waals surface area contributed by atoms with Crippen molar-refractivity contribution in [2.24, 2.45) is 0 Å². The topological polar surface area (TPSA) is 68.2 Å². The van der Waals surface area contributed by atoms with Gasteiger partial charge < -0.3 is 9.88 Å². The summed E-state index contributed by atoms with van der Waals surface area (Å²) < 4.78 is 2.33. The molecule has 4 aromatic carbocycles. The molecule has 0 aliphatic carbocycles. The van der Waals surface area contributed by atoms with Gasteiger partial charge >= 0.3 is 6.15 Å². The Kier molecular flexibility index (Phi) is 9.00. The number of nitrogens with one attached hydrogen (secondary N) is 1. The SMILES string of the molecule is Cc1cccc([C@H](C)NC(=O)c2ccc3c(c2)c(C)c(C)n3Cc2ccc(-c3ccccc3)cc2)c1Cl.O=C=O. The Hall–Kier alpha value is -4.44. The maximum absolute atomic E-state index is 13.2. The molecule has 0 bridgehead atoms. The van der Waals surface area contributed by atoms with Crippen LogP contribution in [0.3, 0.4) is 0 Å². The van der Waals surface area contributed by atoms with Crippen molar-refractivity contribution in [3.63, 3.8) is 0 Å². The highest BCUT2D eigenvalue weighted by Gasteiger charge is 2.17. The highest BCUT2D eigenvalue weighted by atomic mass is 35.5. The molecule has 1 atom stereocenters. The molecule has 5 nitrogen and oxygen atoms in total. The van der Waals surface area contributed by atoms with E-state index in [0.29, 0.717) is 10.6 Å². The summed E-state index contributed by atoms with van der Waals surface area (Å²) in [7, 11) is 0. The molecule has 5 aromatic rings. The van der Waals surface area contributed by atoms with Crippen molar-refractivity contribution >= 4 is 34.6 Å². The molecule has 0 saturated carbocycles. The van der Waals surface area contributed by atoms with E-state index in [1.165, 1.54) is 27.9 Å². The lowest BCUT2D eigenvalue weighted by atomic mass is 10.0. The predicted molar refractivity (Wildman–Crippen MR) is 159 cm³/mol. The van der Waals surface area contributed by atoms with Gasteiger partial charge in [-0.1, -0.05) is 84.4 Å². The number of benzene rings is 4. The molecule has 1 amide bonds. The van der Waals surface area contributed by atoms with Gasteiger partial charge in [-0.15, -0.1) is 0 Å². The molecule has 40 heavy (non-hydrogen) atoms. The summed E-state index contributed by atoms with van der Waals surface area (Å²) in [5, 5.41) is 4.92. The van der Waals surface area contributed by atoms with Crippen molar-refractivity contribution in [2.45, 2.75) is 40.3 Å². The lowest BCUT2D eigenvalue weighted by Crippen LogP contribution is -2.26. The third-order valence-electron chi connectivity index (χ3n) is 7.34. The number of carbonyl (C=O) groups is 1. The molecule has 0 spiro atoms. The van der Waals surface area contributed by atoms with Gasteiger partial charge in [-0.25, -0.2) is 0 Å². The maximum atomic E-state index is 13.2. The number of hydrogen-bond donors (Lipinski definition) is 1. The molecule has 0 unspecified atom stereocenters. The number of aromatic nitrogens is 1. The van der Waals surface area contributed by atoms with Crippen molar-refractivity contribution in [1.82, 2.24) is 9.88 Å². The second-order valence-electron chi connectivity index (χ2n) is 9.85. The first-order valence-electron chi connectivity index (χ1n) is 13.0. The van der Waals surface area contributed by atoms with Gasteiger partial charge in [0.25, 0.3) is 5.91 Å². The minimum Gasteiger partial charge on any atom is -0.345 e. The molecule has 1 heterocycles. The van der Waals surface area contributed by atoms with Crippen LogP contribution in [0.1, 0.15) is 51.3 Å². The zero-order chi connectivity index (χ0) is 28.8. The van der Waals surface area contributed by atoms with Gasteiger partial charge in [0.05, 0.1) is 6.04 Å². The van der Waals surface area contributed by atoms with Crippen LogP contribution in [-0.4, -0.2) is 16.6 Å². The molecule has 5 rings (SSSR count). The summed E-state index contributed by atoms with van der Waals surface area (Å²) in [5.41, 5.74) is 9.79. The van der Waals surface area contributed by atoms with Gasteiger partial charge in [0.15, 0.2) is 0 Å². The summed E-state index contributed by atoms with van der Waals surface area (Å²) in [6.07, 6.45) is 0.250. The number of halogens is 1. The number of rotatable bonds is 6. The lowest BCUT2D eigenvalue weighted by molar-refractivity contribution is -0.191. The van der Waals surface area contributed by atoms with E-state index in [0.717, 1.165) is 28.6 Å². The van der Waals surface area contributed by atoms with Gasteiger partial charge in [0, 0.05) is 33.7 Å². The number of fused-ring (bicyclic) bond motifs is 1. The van der Waals surface area contributed by atoms with E-state index < -0.39 is 0 Å². The molecule has 0 saturated heterocycles. The van der Waals surface area contributed by atoms with Gasteiger partial charge in [-0.2, -0.15) is 9.59 Å². The van der Waals surface area contributed by atoms with E-state index in [9.17, 15) is 4.79 Å². The molecule has 202 valence electrons. The predicted octanol–water partition coefficient (Wildman–Crippen LogP) is 7.84. The van der Waals surface area contributed by atoms with Crippen molar-refractivity contribution in [3.05, 3.63) is 130 Å². The standard InChI is InChI=1S/C33H31ClN2O.CO2/c1-21-9-8-12-29(32(21)34)23(3)35-33(37)28-17-18-31-30(19-28)22(2)24(4)36(31)20-25-13-15-27(16-14-25)26-10-6-5-7-11-26;2-1-3/h5-19,23H,20H2,1-4H3,(H,35,37);/t23-;/m0./s1. The number of aryl methyl sites for hydroxylation is 2. The highest BCUT2D eigenvalue weighted by Crippen LogP contribution is 2.29. The normalized spacial score (nSPS) is 11.3. The van der Waals surface area contributed by atoms with E-state index in [-0.39, 0.29) is 18.1 Å².